The molecule has 8 nitrogen and oxygen atoms in total. The van der Waals surface area contributed by atoms with Gasteiger partial charge < -0.3 is 24.8 Å². The minimum absolute atomic E-state index is 0.00512. The first-order valence-corrected chi connectivity index (χ1v) is 9.58. The zero-order valence-corrected chi connectivity index (χ0v) is 17.1. The molecule has 0 unspecified atom stereocenters. The Labute approximate surface area is 166 Å². The number of amides is 3. The van der Waals surface area contributed by atoms with Crippen LogP contribution in [0.1, 0.15) is 26.7 Å². The highest BCUT2D eigenvalue weighted by Crippen LogP contribution is 2.19. The maximum absolute atomic E-state index is 12.4. The standard InChI is InChI=1S/C20H30N4O4/c1-5-28-20(27)23-12-10-18(11-13-23)24(15(2)25)14-19(26)21-16-6-8-17(9-7-16)22(3)4/h6-9,18H,5,10-14H2,1-4H3,(H,21,26). The van der Waals surface area contributed by atoms with Crippen molar-refractivity contribution in [2.45, 2.75) is 32.7 Å². The highest BCUT2D eigenvalue weighted by atomic mass is 16.6. The Hall–Kier alpha value is -2.77. The molecule has 0 bridgehead atoms. The van der Waals surface area contributed by atoms with Crippen molar-refractivity contribution in [2.75, 3.05) is 50.6 Å². The fourth-order valence-corrected chi connectivity index (χ4v) is 3.27. The number of rotatable bonds is 6. The van der Waals surface area contributed by atoms with Crippen LogP contribution in [0.2, 0.25) is 0 Å². The van der Waals surface area contributed by atoms with Crippen LogP contribution in [0.25, 0.3) is 0 Å². The summed E-state index contributed by atoms with van der Waals surface area (Å²) in [5, 5.41) is 2.84. The molecule has 1 aliphatic heterocycles. The van der Waals surface area contributed by atoms with Crippen molar-refractivity contribution in [3.05, 3.63) is 24.3 Å². The Kier molecular flexibility index (Phi) is 7.66. The van der Waals surface area contributed by atoms with E-state index in [9.17, 15) is 14.4 Å². The van der Waals surface area contributed by atoms with Crippen molar-refractivity contribution >= 4 is 29.3 Å². The molecule has 0 radical (unpaired) electrons. The number of nitrogens with one attached hydrogen (secondary N) is 1. The molecule has 1 fully saturated rings. The largest absolute Gasteiger partial charge is 0.450 e. The van der Waals surface area contributed by atoms with Crippen LogP contribution in [0.3, 0.4) is 0 Å². The summed E-state index contributed by atoms with van der Waals surface area (Å²) in [4.78, 5) is 41.6. The van der Waals surface area contributed by atoms with Gasteiger partial charge in [-0.1, -0.05) is 0 Å². The van der Waals surface area contributed by atoms with Gasteiger partial charge in [0.25, 0.3) is 0 Å². The monoisotopic (exact) mass is 390 g/mol. The maximum Gasteiger partial charge on any atom is 0.409 e. The van der Waals surface area contributed by atoms with Gasteiger partial charge in [-0.3, -0.25) is 9.59 Å². The summed E-state index contributed by atoms with van der Waals surface area (Å²) in [6.45, 7) is 4.61. The Bertz CT molecular complexity index is 682. The minimum atomic E-state index is -0.325. The van der Waals surface area contributed by atoms with E-state index in [2.05, 4.69) is 5.32 Å². The first kappa shape index (κ1) is 21.5. The number of hydrogen-bond donors (Lipinski definition) is 1. The maximum atomic E-state index is 12.4. The molecule has 1 aromatic rings. The molecule has 0 spiro atoms. The molecule has 154 valence electrons. The lowest BCUT2D eigenvalue weighted by Crippen LogP contribution is -2.50. The first-order chi connectivity index (χ1) is 13.3. The lowest BCUT2D eigenvalue weighted by Gasteiger charge is -2.37. The van der Waals surface area contributed by atoms with Gasteiger partial charge in [0.05, 0.1) is 6.61 Å². The van der Waals surface area contributed by atoms with Crippen LogP contribution in [-0.4, -0.2) is 74.1 Å². The number of likely N-dealkylation sites (tertiary alicyclic amines) is 1. The summed E-state index contributed by atoms with van der Waals surface area (Å²) in [6.07, 6.45) is 0.932. The van der Waals surface area contributed by atoms with Gasteiger partial charge in [-0.05, 0) is 44.0 Å². The van der Waals surface area contributed by atoms with Crippen LogP contribution in [0, 0.1) is 0 Å². The average Bonchev–Trinajstić information content (AvgIpc) is 2.66. The highest BCUT2D eigenvalue weighted by molar-refractivity contribution is 5.94. The summed E-state index contributed by atoms with van der Waals surface area (Å²) >= 11 is 0. The summed E-state index contributed by atoms with van der Waals surface area (Å²) in [7, 11) is 3.90. The van der Waals surface area contributed by atoms with Gasteiger partial charge in [0.2, 0.25) is 11.8 Å². The SMILES string of the molecule is CCOC(=O)N1CCC(N(CC(=O)Nc2ccc(N(C)C)cc2)C(C)=O)CC1. The Morgan fingerprint density at radius 1 is 1.14 bits per heavy atom. The number of ether oxygens (including phenoxy) is 1. The Morgan fingerprint density at radius 2 is 1.75 bits per heavy atom. The first-order valence-electron chi connectivity index (χ1n) is 9.58. The van der Waals surface area contributed by atoms with Crippen LogP contribution in [-0.2, 0) is 14.3 Å². The fraction of sp³-hybridized carbons (Fsp3) is 0.550. The van der Waals surface area contributed by atoms with E-state index in [0.29, 0.717) is 38.2 Å². The predicted octanol–water partition coefficient (Wildman–Crippen LogP) is 2.16. The van der Waals surface area contributed by atoms with Crippen molar-refractivity contribution in [3.8, 4) is 0 Å². The molecule has 1 aliphatic rings. The van der Waals surface area contributed by atoms with Gasteiger partial charge in [0.1, 0.15) is 6.54 Å². The molecule has 1 N–H and O–H groups in total. The molecule has 3 amide bonds. The van der Waals surface area contributed by atoms with E-state index in [0.717, 1.165) is 5.69 Å². The van der Waals surface area contributed by atoms with Crippen LogP contribution < -0.4 is 10.2 Å². The molecule has 0 aliphatic carbocycles. The average molecular weight is 390 g/mol. The number of hydrogen-bond acceptors (Lipinski definition) is 5. The van der Waals surface area contributed by atoms with Gasteiger partial charge in [-0.15, -0.1) is 0 Å². The van der Waals surface area contributed by atoms with Crippen LogP contribution in [0.4, 0.5) is 16.2 Å². The third-order valence-electron chi connectivity index (χ3n) is 4.82. The number of anilines is 2. The van der Waals surface area contributed by atoms with Crippen LogP contribution in [0.15, 0.2) is 24.3 Å². The molecular weight excluding hydrogens is 360 g/mol. The highest BCUT2D eigenvalue weighted by Gasteiger charge is 2.29. The number of nitrogens with zero attached hydrogens (tertiary/aromatic N) is 3. The van der Waals surface area contributed by atoms with Gasteiger partial charge in [0.15, 0.2) is 0 Å². The zero-order chi connectivity index (χ0) is 20.7. The number of benzene rings is 1. The fourth-order valence-electron chi connectivity index (χ4n) is 3.27. The lowest BCUT2D eigenvalue weighted by molar-refractivity contribution is -0.136. The number of carbonyl (C=O) groups excluding carboxylic acids is 3. The molecule has 0 atom stereocenters. The molecule has 8 heteroatoms. The smallest absolute Gasteiger partial charge is 0.409 e. The lowest BCUT2D eigenvalue weighted by atomic mass is 10.0. The summed E-state index contributed by atoms with van der Waals surface area (Å²) in [5.41, 5.74) is 1.73. The zero-order valence-electron chi connectivity index (χ0n) is 17.1. The third-order valence-corrected chi connectivity index (χ3v) is 4.82. The molecule has 1 aromatic carbocycles. The second-order valence-corrected chi connectivity index (χ2v) is 7.05. The van der Waals surface area contributed by atoms with Crippen LogP contribution in [0.5, 0.6) is 0 Å². The van der Waals surface area contributed by atoms with Crippen molar-refractivity contribution in [1.29, 1.82) is 0 Å². The summed E-state index contributed by atoms with van der Waals surface area (Å²) in [6, 6.07) is 7.45. The van der Waals surface area contributed by atoms with E-state index >= 15 is 0 Å². The van der Waals surface area contributed by atoms with Crippen molar-refractivity contribution < 1.29 is 19.1 Å². The summed E-state index contributed by atoms with van der Waals surface area (Å²) < 4.78 is 5.02. The van der Waals surface area contributed by atoms with Crippen molar-refractivity contribution in [2.24, 2.45) is 0 Å². The molecule has 1 saturated heterocycles. The second kappa shape index (κ2) is 9.96. The third kappa shape index (κ3) is 5.87. The number of carbonyl (C=O) groups is 3. The topological polar surface area (TPSA) is 82.2 Å². The molecule has 2 rings (SSSR count). The quantitative estimate of drug-likeness (QED) is 0.805. The normalized spacial score (nSPS) is 14.4. The number of piperidine rings is 1. The van der Waals surface area contributed by atoms with E-state index in [1.165, 1.54) is 6.92 Å². The van der Waals surface area contributed by atoms with Gasteiger partial charge >= 0.3 is 6.09 Å². The predicted molar refractivity (Wildman–Crippen MR) is 108 cm³/mol. The van der Waals surface area contributed by atoms with Crippen molar-refractivity contribution in [1.82, 2.24) is 9.80 Å². The van der Waals surface area contributed by atoms with Crippen LogP contribution >= 0.6 is 0 Å². The van der Waals surface area contributed by atoms with E-state index in [1.54, 1.807) is 16.7 Å². The van der Waals surface area contributed by atoms with Crippen molar-refractivity contribution in [3.63, 3.8) is 0 Å². The van der Waals surface area contributed by atoms with E-state index in [-0.39, 0.29) is 30.5 Å². The molecule has 28 heavy (non-hydrogen) atoms. The molecule has 1 heterocycles. The minimum Gasteiger partial charge on any atom is -0.450 e. The Morgan fingerprint density at radius 3 is 2.25 bits per heavy atom. The summed E-state index contributed by atoms with van der Waals surface area (Å²) in [5.74, 6) is -0.381. The molecule has 0 saturated carbocycles. The van der Waals surface area contributed by atoms with E-state index in [1.807, 2.05) is 43.3 Å². The molecule has 0 aromatic heterocycles. The molecular formula is C20H30N4O4. The van der Waals surface area contributed by atoms with E-state index < -0.39 is 0 Å². The van der Waals surface area contributed by atoms with E-state index in [4.69, 9.17) is 4.74 Å². The van der Waals surface area contributed by atoms with Gasteiger partial charge in [0, 0.05) is 51.5 Å². The van der Waals surface area contributed by atoms with Gasteiger partial charge in [-0.2, -0.15) is 0 Å². The Balaban J connectivity index is 1.91. The second-order valence-electron chi connectivity index (χ2n) is 7.05. The van der Waals surface area contributed by atoms with Gasteiger partial charge in [-0.25, -0.2) is 4.79 Å².